The molecule has 0 spiro atoms. The van der Waals surface area contributed by atoms with E-state index < -0.39 is 0 Å². The lowest BCUT2D eigenvalue weighted by Crippen LogP contribution is -2.43. The molecule has 0 saturated carbocycles. The molecular formula is C16H33ClN2O. The average molecular weight is 305 g/mol. The van der Waals surface area contributed by atoms with Gasteiger partial charge in [0.25, 0.3) is 0 Å². The first-order valence-electron chi connectivity index (χ1n) is 8.11. The van der Waals surface area contributed by atoms with Gasteiger partial charge in [0.1, 0.15) is 0 Å². The number of unbranched alkanes of at least 4 members (excludes halogenated alkanes) is 1. The Kier molecular flexibility index (Phi) is 10.3. The topological polar surface area (TPSA) is 46.3 Å². The van der Waals surface area contributed by atoms with Gasteiger partial charge in [0.05, 0.1) is 0 Å². The Morgan fingerprint density at radius 1 is 1.30 bits per heavy atom. The lowest BCUT2D eigenvalue weighted by Gasteiger charge is -2.34. The van der Waals surface area contributed by atoms with Crippen molar-refractivity contribution in [3.8, 4) is 0 Å². The molecule has 120 valence electrons. The Hall–Kier alpha value is -0.280. The molecule has 2 N–H and O–H groups in total. The molecule has 0 aromatic rings. The highest BCUT2D eigenvalue weighted by Crippen LogP contribution is 2.23. The van der Waals surface area contributed by atoms with Crippen molar-refractivity contribution < 1.29 is 4.79 Å². The second-order valence-electron chi connectivity index (χ2n) is 6.20. The smallest absolute Gasteiger partial charge is 0.222 e. The molecule has 3 nitrogen and oxygen atoms in total. The van der Waals surface area contributed by atoms with E-state index in [9.17, 15) is 4.79 Å². The van der Waals surface area contributed by atoms with Crippen molar-refractivity contribution in [2.45, 2.75) is 71.8 Å². The molecule has 0 bridgehead atoms. The Morgan fingerprint density at radius 3 is 2.35 bits per heavy atom. The van der Waals surface area contributed by atoms with Crippen LogP contribution < -0.4 is 5.73 Å². The van der Waals surface area contributed by atoms with E-state index in [1.165, 1.54) is 19.3 Å². The third-order valence-electron chi connectivity index (χ3n) is 4.64. The standard InChI is InChI=1S/C16H32N2O.ClH/c1-4-6-7-14(5-2)12-16(19)18-10-8-15(9-11-18)13(3)17;/h13-15H,4-12,17H2,1-3H3;1H. The van der Waals surface area contributed by atoms with Crippen LogP contribution in [0.3, 0.4) is 0 Å². The van der Waals surface area contributed by atoms with Crippen LogP contribution in [-0.2, 0) is 4.79 Å². The van der Waals surface area contributed by atoms with Crippen LogP contribution in [0.15, 0.2) is 0 Å². The number of amides is 1. The summed E-state index contributed by atoms with van der Waals surface area (Å²) in [7, 11) is 0. The molecule has 4 heteroatoms. The predicted octanol–water partition coefficient (Wildman–Crippen LogP) is 3.60. The third-order valence-corrected chi connectivity index (χ3v) is 4.64. The number of rotatable bonds is 7. The molecule has 0 radical (unpaired) electrons. The lowest BCUT2D eigenvalue weighted by atomic mass is 9.90. The second-order valence-corrected chi connectivity index (χ2v) is 6.20. The number of carbonyl (C=O) groups is 1. The fourth-order valence-corrected chi connectivity index (χ4v) is 2.99. The van der Waals surface area contributed by atoms with E-state index in [-0.39, 0.29) is 18.4 Å². The number of likely N-dealkylation sites (tertiary alicyclic amines) is 1. The van der Waals surface area contributed by atoms with Gasteiger partial charge in [0.2, 0.25) is 5.91 Å². The summed E-state index contributed by atoms with van der Waals surface area (Å²) in [5, 5.41) is 0. The van der Waals surface area contributed by atoms with Crippen LogP contribution in [0.4, 0.5) is 0 Å². The molecule has 20 heavy (non-hydrogen) atoms. The third kappa shape index (κ3) is 6.45. The van der Waals surface area contributed by atoms with Gasteiger partial charge >= 0.3 is 0 Å². The van der Waals surface area contributed by atoms with Crippen molar-refractivity contribution in [1.29, 1.82) is 0 Å². The number of piperidine rings is 1. The molecule has 0 aromatic carbocycles. The summed E-state index contributed by atoms with van der Waals surface area (Å²) in [6, 6.07) is 0.269. The van der Waals surface area contributed by atoms with Crippen LogP contribution in [0.5, 0.6) is 0 Å². The van der Waals surface area contributed by atoms with Crippen LogP contribution in [0.1, 0.15) is 65.7 Å². The van der Waals surface area contributed by atoms with Gasteiger partial charge in [0.15, 0.2) is 0 Å². The van der Waals surface area contributed by atoms with Gasteiger partial charge in [-0.3, -0.25) is 4.79 Å². The molecule has 2 unspecified atom stereocenters. The Morgan fingerprint density at radius 2 is 1.90 bits per heavy atom. The number of nitrogens with two attached hydrogens (primary N) is 1. The van der Waals surface area contributed by atoms with Crippen molar-refractivity contribution in [3.05, 3.63) is 0 Å². The van der Waals surface area contributed by atoms with Crippen molar-refractivity contribution in [2.24, 2.45) is 17.6 Å². The summed E-state index contributed by atoms with van der Waals surface area (Å²) in [6.07, 6.45) is 7.71. The Balaban J connectivity index is 0.00000361. The molecule has 1 saturated heterocycles. The highest BCUT2D eigenvalue weighted by atomic mass is 35.5. The zero-order chi connectivity index (χ0) is 14.3. The number of carbonyl (C=O) groups excluding carboxylic acids is 1. The zero-order valence-electron chi connectivity index (χ0n) is 13.4. The minimum atomic E-state index is 0. The van der Waals surface area contributed by atoms with Crippen LogP contribution >= 0.6 is 12.4 Å². The lowest BCUT2D eigenvalue weighted by molar-refractivity contribution is -0.133. The number of halogens is 1. The van der Waals surface area contributed by atoms with Gasteiger partial charge in [-0.1, -0.05) is 33.1 Å². The van der Waals surface area contributed by atoms with Gasteiger partial charge < -0.3 is 10.6 Å². The summed E-state index contributed by atoms with van der Waals surface area (Å²) >= 11 is 0. The monoisotopic (exact) mass is 304 g/mol. The largest absolute Gasteiger partial charge is 0.343 e. The molecule has 1 fully saturated rings. The summed E-state index contributed by atoms with van der Waals surface area (Å²) in [5.41, 5.74) is 5.94. The predicted molar refractivity (Wildman–Crippen MR) is 88.1 cm³/mol. The maximum absolute atomic E-state index is 12.3. The highest BCUT2D eigenvalue weighted by Gasteiger charge is 2.25. The average Bonchev–Trinajstić information content (AvgIpc) is 2.43. The van der Waals surface area contributed by atoms with Gasteiger partial charge in [-0.2, -0.15) is 0 Å². The van der Waals surface area contributed by atoms with Crippen molar-refractivity contribution in [1.82, 2.24) is 4.90 Å². The van der Waals surface area contributed by atoms with Crippen molar-refractivity contribution in [3.63, 3.8) is 0 Å². The first-order valence-corrected chi connectivity index (χ1v) is 8.11. The van der Waals surface area contributed by atoms with Crippen LogP contribution in [0, 0.1) is 11.8 Å². The molecular weight excluding hydrogens is 272 g/mol. The van der Waals surface area contributed by atoms with E-state index in [1.807, 2.05) is 0 Å². The van der Waals surface area contributed by atoms with Gasteiger partial charge in [0, 0.05) is 25.6 Å². The zero-order valence-corrected chi connectivity index (χ0v) is 14.3. The van der Waals surface area contributed by atoms with Gasteiger partial charge in [-0.05, 0) is 38.0 Å². The minimum absolute atomic E-state index is 0. The van der Waals surface area contributed by atoms with E-state index in [2.05, 4.69) is 25.7 Å². The fraction of sp³-hybridized carbons (Fsp3) is 0.938. The molecule has 0 aliphatic carbocycles. The number of nitrogens with zero attached hydrogens (tertiary/aromatic N) is 1. The first-order chi connectivity index (χ1) is 9.08. The van der Waals surface area contributed by atoms with E-state index in [0.717, 1.165) is 38.8 Å². The first kappa shape index (κ1) is 19.7. The van der Waals surface area contributed by atoms with Gasteiger partial charge in [-0.15, -0.1) is 12.4 Å². The second kappa shape index (κ2) is 10.4. The normalized spacial score (nSPS) is 19.3. The summed E-state index contributed by atoms with van der Waals surface area (Å²) in [6.45, 7) is 8.33. The van der Waals surface area contributed by atoms with Crippen LogP contribution in [0.25, 0.3) is 0 Å². The molecule has 1 amide bonds. The van der Waals surface area contributed by atoms with E-state index in [4.69, 9.17) is 5.73 Å². The number of hydrogen-bond acceptors (Lipinski definition) is 2. The molecule has 1 heterocycles. The molecule has 1 aliphatic heterocycles. The SMILES string of the molecule is CCCCC(CC)CC(=O)N1CCC(C(C)N)CC1.Cl. The number of hydrogen-bond donors (Lipinski definition) is 1. The van der Waals surface area contributed by atoms with Crippen LogP contribution in [0.2, 0.25) is 0 Å². The molecule has 0 aromatic heterocycles. The highest BCUT2D eigenvalue weighted by molar-refractivity contribution is 5.85. The van der Waals surface area contributed by atoms with Gasteiger partial charge in [-0.25, -0.2) is 0 Å². The Bertz CT molecular complexity index is 263. The summed E-state index contributed by atoms with van der Waals surface area (Å²) in [4.78, 5) is 14.4. The Labute approximate surface area is 131 Å². The summed E-state index contributed by atoms with van der Waals surface area (Å²) in [5.74, 6) is 1.55. The minimum Gasteiger partial charge on any atom is -0.343 e. The fourth-order valence-electron chi connectivity index (χ4n) is 2.99. The van der Waals surface area contributed by atoms with Crippen molar-refractivity contribution >= 4 is 18.3 Å². The molecule has 2 atom stereocenters. The maximum atomic E-state index is 12.3. The van der Waals surface area contributed by atoms with E-state index >= 15 is 0 Å². The van der Waals surface area contributed by atoms with E-state index in [1.54, 1.807) is 0 Å². The maximum Gasteiger partial charge on any atom is 0.222 e. The summed E-state index contributed by atoms with van der Waals surface area (Å²) < 4.78 is 0. The molecule has 1 rings (SSSR count). The van der Waals surface area contributed by atoms with Crippen LogP contribution in [-0.4, -0.2) is 29.9 Å². The quantitative estimate of drug-likeness (QED) is 0.781. The molecule has 1 aliphatic rings. The van der Waals surface area contributed by atoms with E-state index in [0.29, 0.717) is 17.7 Å². The van der Waals surface area contributed by atoms with Crippen molar-refractivity contribution in [2.75, 3.05) is 13.1 Å².